The van der Waals surface area contributed by atoms with Crippen molar-refractivity contribution in [1.29, 1.82) is 5.41 Å². The first-order valence-electron chi connectivity index (χ1n) is 9.53. The van der Waals surface area contributed by atoms with Crippen molar-refractivity contribution in [1.82, 2.24) is 0 Å². The third-order valence-electron chi connectivity index (χ3n) is 4.12. The number of nitrogen functional groups attached to an aromatic ring is 1. The van der Waals surface area contributed by atoms with Gasteiger partial charge in [-0.1, -0.05) is 30.3 Å². The molecule has 7 heteroatoms. The fourth-order valence-corrected chi connectivity index (χ4v) is 2.64. The first kappa shape index (κ1) is 20.7. The number of carbonyl (C=O) groups is 1. The van der Waals surface area contributed by atoms with E-state index >= 15 is 0 Å². The number of urea groups is 1. The maximum atomic E-state index is 12.0. The molecule has 0 bridgehead atoms. The Hall–Kier alpha value is -4.00. The average Bonchev–Trinajstić information content (AvgIpc) is 2.75. The summed E-state index contributed by atoms with van der Waals surface area (Å²) in [5.74, 6) is 1.40. The van der Waals surface area contributed by atoms with Crippen LogP contribution in [0.1, 0.15) is 12.0 Å². The van der Waals surface area contributed by atoms with Gasteiger partial charge < -0.3 is 25.8 Å². The van der Waals surface area contributed by atoms with Crippen LogP contribution in [0.4, 0.5) is 16.2 Å². The van der Waals surface area contributed by atoms with E-state index in [4.69, 9.17) is 20.6 Å². The molecule has 0 saturated carbocycles. The van der Waals surface area contributed by atoms with Crippen LogP contribution in [0.2, 0.25) is 0 Å². The summed E-state index contributed by atoms with van der Waals surface area (Å²) in [6.45, 7) is 0.980. The number of benzene rings is 3. The third kappa shape index (κ3) is 6.56. The van der Waals surface area contributed by atoms with Crippen molar-refractivity contribution in [2.75, 3.05) is 23.8 Å². The number of nitrogens with one attached hydrogen (secondary N) is 3. The Morgan fingerprint density at radius 3 is 2.10 bits per heavy atom. The molecule has 0 aliphatic rings. The molecule has 0 heterocycles. The Kier molecular flexibility index (Phi) is 7.27. The summed E-state index contributed by atoms with van der Waals surface area (Å²) in [5.41, 5.74) is 7.51. The zero-order chi connectivity index (χ0) is 21.2. The van der Waals surface area contributed by atoms with E-state index in [1.54, 1.807) is 42.5 Å². The summed E-state index contributed by atoms with van der Waals surface area (Å²) in [5, 5.41) is 13.0. The number of para-hydroxylation sites is 1. The summed E-state index contributed by atoms with van der Waals surface area (Å²) in [6.07, 6.45) is 0.698. The van der Waals surface area contributed by atoms with E-state index < -0.39 is 0 Å². The number of nitrogens with two attached hydrogens (primary N) is 1. The van der Waals surface area contributed by atoms with Crippen LogP contribution in [-0.2, 0) is 0 Å². The highest BCUT2D eigenvalue weighted by molar-refractivity contribution is 5.99. The molecular weight excluding hydrogens is 380 g/mol. The molecule has 154 valence electrons. The molecule has 3 aromatic carbocycles. The molecular formula is C23H24N4O3. The molecule has 7 nitrogen and oxygen atoms in total. The standard InChI is InChI=1S/C23H24N4O3/c24-22(25)17-6-4-9-21(16-17)30-15-5-14-29-20-12-10-19(11-13-20)27-23(28)26-18-7-2-1-3-8-18/h1-4,6-13,16H,5,14-15H2,(H3,24,25)(H2,26,27,28). The minimum Gasteiger partial charge on any atom is -0.493 e. The number of hydrogen-bond acceptors (Lipinski definition) is 4. The second-order valence-corrected chi connectivity index (χ2v) is 6.46. The summed E-state index contributed by atoms with van der Waals surface area (Å²) >= 11 is 0. The molecule has 3 rings (SSSR count). The first-order chi connectivity index (χ1) is 14.6. The fraction of sp³-hybridized carbons (Fsp3) is 0.130. The van der Waals surface area contributed by atoms with E-state index in [-0.39, 0.29) is 11.9 Å². The number of rotatable bonds is 9. The lowest BCUT2D eigenvalue weighted by Crippen LogP contribution is -2.19. The maximum absolute atomic E-state index is 12.0. The molecule has 0 spiro atoms. The van der Waals surface area contributed by atoms with E-state index in [2.05, 4.69) is 10.6 Å². The molecule has 0 aliphatic heterocycles. The SMILES string of the molecule is N=C(N)c1cccc(OCCCOc2ccc(NC(=O)Nc3ccccc3)cc2)c1. The Morgan fingerprint density at radius 2 is 1.43 bits per heavy atom. The number of anilines is 2. The first-order valence-corrected chi connectivity index (χ1v) is 9.53. The number of ether oxygens (including phenoxy) is 2. The quantitative estimate of drug-likeness (QED) is 0.240. The van der Waals surface area contributed by atoms with Gasteiger partial charge in [-0.15, -0.1) is 0 Å². The highest BCUT2D eigenvalue weighted by Crippen LogP contribution is 2.17. The maximum Gasteiger partial charge on any atom is 0.323 e. The highest BCUT2D eigenvalue weighted by Gasteiger charge is 2.03. The van der Waals surface area contributed by atoms with E-state index in [1.807, 2.05) is 36.4 Å². The topological polar surface area (TPSA) is 109 Å². The molecule has 5 N–H and O–H groups in total. The van der Waals surface area contributed by atoms with Crippen molar-refractivity contribution >= 4 is 23.2 Å². The van der Waals surface area contributed by atoms with E-state index in [0.717, 1.165) is 5.69 Å². The number of amidine groups is 1. The van der Waals surface area contributed by atoms with Crippen molar-refractivity contribution < 1.29 is 14.3 Å². The lowest BCUT2D eigenvalue weighted by Gasteiger charge is -2.10. The van der Waals surface area contributed by atoms with Gasteiger partial charge in [0.2, 0.25) is 0 Å². The van der Waals surface area contributed by atoms with Crippen LogP contribution < -0.4 is 25.8 Å². The van der Waals surface area contributed by atoms with Gasteiger partial charge in [-0.25, -0.2) is 4.79 Å². The number of carbonyl (C=O) groups excluding carboxylic acids is 1. The van der Waals surface area contributed by atoms with E-state index in [9.17, 15) is 4.79 Å². The van der Waals surface area contributed by atoms with Gasteiger partial charge in [-0.05, 0) is 48.5 Å². The van der Waals surface area contributed by atoms with Crippen LogP contribution in [-0.4, -0.2) is 25.1 Å². The van der Waals surface area contributed by atoms with Crippen LogP contribution in [0.25, 0.3) is 0 Å². The average molecular weight is 404 g/mol. The molecule has 0 saturated heterocycles. The van der Waals surface area contributed by atoms with Crippen LogP contribution >= 0.6 is 0 Å². The zero-order valence-corrected chi connectivity index (χ0v) is 16.4. The molecule has 0 fully saturated rings. The molecule has 0 aliphatic carbocycles. The van der Waals surface area contributed by atoms with E-state index in [1.165, 1.54) is 0 Å². The minimum absolute atomic E-state index is 0.0132. The van der Waals surface area contributed by atoms with Crippen molar-refractivity contribution in [3.8, 4) is 11.5 Å². The lowest BCUT2D eigenvalue weighted by molar-refractivity contribution is 0.247. The van der Waals surface area contributed by atoms with Gasteiger partial charge in [-0.2, -0.15) is 0 Å². The van der Waals surface area contributed by atoms with Gasteiger partial charge in [-0.3, -0.25) is 5.41 Å². The van der Waals surface area contributed by atoms with Gasteiger partial charge in [0.05, 0.1) is 13.2 Å². The van der Waals surface area contributed by atoms with Gasteiger partial charge in [0.1, 0.15) is 17.3 Å². The van der Waals surface area contributed by atoms with Crippen LogP contribution in [0.15, 0.2) is 78.9 Å². The summed E-state index contributed by atoms with van der Waals surface area (Å²) in [7, 11) is 0. The minimum atomic E-state index is -0.305. The summed E-state index contributed by atoms with van der Waals surface area (Å²) in [6, 6.07) is 23.2. The van der Waals surface area contributed by atoms with Crippen LogP contribution in [0, 0.1) is 5.41 Å². The Bertz CT molecular complexity index is 975. The van der Waals surface area contributed by atoms with Crippen molar-refractivity contribution in [2.24, 2.45) is 5.73 Å². The van der Waals surface area contributed by atoms with Crippen molar-refractivity contribution in [3.63, 3.8) is 0 Å². The van der Waals surface area contributed by atoms with Gasteiger partial charge in [0, 0.05) is 23.4 Å². The number of amides is 2. The summed E-state index contributed by atoms with van der Waals surface area (Å²) in [4.78, 5) is 12.0. The van der Waals surface area contributed by atoms with E-state index in [0.29, 0.717) is 42.4 Å². The largest absolute Gasteiger partial charge is 0.493 e. The zero-order valence-electron chi connectivity index (χ0n) is 16.4. The smallest absolute Gasteiger partial charge is 0.323 e. The lowest BCUT2D eigenvalue weighted by atomic mass is 10.2. The molecule has 30 heavy (non-hydrogen) atoms. The molecule has 0 aromatic heterocycles. The van der Waals surface area contributed by atoms with Crippen LogP contribution in [0.5, 0.6) is 11.5 Å². The Balaban J connectivity index is 1.37. The molecule has 0 atom stereocenters. The highest BCUT2D eigenvalue weighted by atomic mass is 16.5. The molecule has 3 aromatic rings. The predicted octanol–water partition coefficient (Wildman–Crippen LogP) is 4.46. The van der Waals surface area contributed by atoms with Gasteiger partial charge in [0.15, 0.2) is 0 Å². The third-order valence-corrected chi connectivity index (χ3v) is 4.12. The second kappa shape index (κ2) is 10.5. The van der Waals surface area contributed by atoms with Gasteiger partial charge in [0.25, 0.3) is 0 Å². The molecule has 0 radical (unpaired) electrons. The Labute approximate surface area is 175 Å². The summed E-state index contributed by atoms with van der Waals surface area (Å²) < 4.78 is 11.4. The van der Waals surface area contributed by atoms with Crippen molar-refractivity contribution in [2.45, 2.75) is 6.42 Å². The van der Waals surface area contributed by atoms with Crippen molar-refractivity contribution in [3.05, 3.63) is 84.4 Å². The monoisotopic (exact) mass is 404 g/mol. The molecule has 0 unspecified atom stereocenters. The van der Waals surface area contributed by atoms with Crippen LogP contribution in [0.3, 0.4) is 0 Å². The second-order valence-electron chi connectivity index (χ2n) is 6.46. The van der Waals surface area contributed by atoms with Gasteiger partial charge >= 0.3 is 6.03 Å². The normalized spacial score (nSPS) is 10.1. The fourth-order valence-electron chi connectivity index (χ4n) is 2.64. The number of hydrogen-bond donors (Lipinski definition) is 4. The Morgan fingerprint density at radius 1 is 0.800 bits per heavy atom. The predicted molar refractivity (Wildman–Crippen MR) is 119 cm³/mol. The molecule has 2 amide bonds.